The van der Waals surface area contributed by atoms with Crippen molar-refractivity contribution in [3.8, 4) is 0 Å². The first-order chi connectivity index (χ1) is 22.7. The van der Waals surface area contributed by atoms with Gasteiger partial charge >= 0.3 is 5.97 Å². The van der Waals surface area contributed by atoms with Crippen molar-refractivity contribution in [3.63, 3.8) is 0 Å². The molecule has 0 aromatic heterocycles. The number of hydrogen-bond donors (Lipinski definition) is 0. The summed E-state index contributed by atoms with van der Waals surface area (Å²) in [6.45, 7) is 14.8. The molecule has 4 rings (SSSR count). The first-order valence-electron chi connectivity index (χ1n) is 20.5. The highest BCUT2D eigenvalue weighted by atomic mass is 16.5. The third kappa shape index (κ3) is 10.5. The Morgan fingerprint density at radius 3 is 2.32 bits per heavy atom. The summed E-state index contributed by atoms with van der Waals surface area (Å²) in [5.74, 6) is 5.28. The molecule has 3 saturated carbocycles. The first-order valence-corrected chi connectivity index (χ1v) is 20.5. The van der Waals surface area contributed by atoms with Gasteiger partial charge in [0.1, 0.15) is 6.10 Å². The SMILES string of the molecule is CC/C=C/C/C=C/C/C=C/CCCCCCCC(=O)O[C@H]1CC[C@@]2(C)C(=CC[C@H]3[C@@H]4CC[C@H]([C@H](C)CCCC(C)C)[C@@]4(C)CC[C@@H]32)C1. The number of rotatable bonds is 19. The zero-order chi connectivity index (χ0) is 33.7. The van der Waals surface area contributed by atoms with Crippen molar-refractivity contribution in [2.45, 2.75) is 182 Å². The minimum Gasteiger partial charge on any atom is -0.462 e. The lowest BCUT2D eigenvalue weighted by Crippen LogP contribution is -2.51. The van der Waals surface area contributed by atoms with Crippen molar-refractivity contribution in [1.29, 1.82) is 0 Å². The zero-order valence-corrected chi connectivity index (χ0v) is 31.7. The highest BCUT2D eigenvalue weighted by molar-refractivity contribution is 5.69. The Bertz CT molecular complexity index is 1060. The lowest BCUT2D eigenvalue weighted by atomic mass is 9.47. The van der Waals surface area contributed by atoms with E-state index in [-0.39, 0.29) is 12.1 Å². The fourth-order valence-corrected chi connectivity index (χ4v) is 10.9. The first kappa shape index (κ1) is 38.2. The Morgan fingerprint density at radius 2 is 1.55 bits per heavy atom. The van der Waals surface area contributed by atoms with Crippen LogP contribution in [0.2, 0.25) is 0 Å². The summed E-state index contributed by atoms with van der Waals surface area (Å²) in [6, 6.07) is 0. The summed E-state index contributed by atoms with van der Waals surface area (Å²) >= 11 is 0. The van der Waals surface area contributed by atoms with Crippen LogP contribution in [0.1, 0.15) is 176 Å². The van der Waals surface area contributed by atoms with Gasteiger partial charge in [-0.15, -0.1) is 0 Å². The van der Waals surface area contributed by atoms with Crippen LogP contribution in [0.4, 0.5) is 0 Å². The second-order valence-corrected chi connectivity index (χ2v) is 17.2. The van der Waals surface area contributed by atoms with E-state index in [1.165, 1.54) is 83.5 Å². The predicted molar refractivity (Wildman–Crippen MR) is 202 cm³/mol. The van der Waals surface area contributed by atoms with Gasteiger partial charge in [-0.25, -0.2) is 0 Å². The lowest BCUT2D eigenvalue weighted by molar-refractivity contribution is -0.151. The molecule has 4 aliphatic carbocycles. The molecule has 0 unspecified atom stereocenters. The summed E-state index contributed by atoms with van der Waals surface area (Å²) in [7, 11) is 0. The van der Waals surface area contributed by atoms with Crippen LogP contribution in [0.5, 0.6) is 0 Å². The van der Waals surface area contributed by atoms with Crippen LogP contribution in [-0.2, 0) is 9.53 Å². The average Bonchev–Trinajstić information content (AvgIpc) is 3.40. The van der Waals surface area contributed by atoms with E-state index in [1.54, 1.807) is 5.57 Å². The van der Waals surface area contributed by atoms with Gasteiger partial charge in [0.2, 0.25) is 0 Å². The van der Waals surface area contributed by atoms with Gasteiger partial charge in [-0.05, 0) is 130 Å². The molecule has 0 aromatic rings. The number of hydrogen-bond acceptors (Lipinski definition) is 2. The van der Waals surface area contributed by atoms with Gasteiger partial charge in [-0.1, -0.05) is 128 Å². The summed E-state index contributed by atoms with van der Waals surface area (Å²) in [5, 5.41) is 0. The van der Waals surface area contributed by atoms with Crippen LogP contribution in [0.25, 0.3) is 0 Å². The molecular weight excluding hydrogens is 572 g/mol. The number of unbranched alkanes of at least 4 members (excludes halogenated alkanes) is 5. The van der Waals surface area contributed by atoms with Gasteiger partial charge in [-0.2, -0.15) is 0 Å². The van der Waals surface area contributed by atoms with Gasteiger partial charge in [0, 0.05) is 12.8 Å². The maximum Gasteiger partial charge on any atom is 0.306 e. The molecule has 0 aliphatic heterocycles. The van der Waals surface area contributed by atoms with E-state index in [2.05, 4.69) is 84.1 Å². The van der Waals surface area contributed by atoms with Gasteiger partial charge in [-0.3, -0.25) is 4.79 Å². The molecule has 0 spiro atoms. The van der Waals surface area contributed by atoms with Crippen LogP contribution in [-0.4, -0.2) is 12.1 Å². The van der Waals surface area contributed by atoms with Crippen LogP contribution < -0.4 is 0 Å². The second kappa shape index (κ2) is 19.0. The molecule has 2 nitrogen and oxygen atoms in total. The topological polar surface area (TPSA) is 26.3 Å². The van der Waals surface area contributed by atoms with Crippen molar-refractivity contribution >= 4 is 5.97 Å². The number of fused-ring (bicyclic) bond motifs is 5. The van der Waals surface area contributed by atoms with Crippen molar-refractivity contribution in [1.82, 2.24) is 0 Å². The monoisotopic (exact) mass is 647 g/mol. The molecule has 47 heavy (non-hydrogen) atoms. The highest BCUT2D eigenvalue weighted by Crippen LogP contribution is 2.67. The van der Waals surface area contributed by atoms with Gasteiger partial charge < -0.3 is 4.74 Å². The predicted octanol–water partition coefficient (Wildman–Crippen LogP) is 13.5. The Hall–Kier alpha value is -1.57. The summed E-state index contributed by atoms with van der Waals surface area (Å²) in [6.07, 6.45) is 41.7. The van der Waals surface area contributed by atoms with Gasteiger partial charge in [0.15, 0.2) is 0 Å². The highest BCUT2D eigenvalue weighted by Gasteiger charge is 2.59. The molecule has 3 fully saturated rings. The fraction of sp³-hybridized carbons (Fsp3) is 0.800. The minimum absolute atomic E-state index is 0.0435. The molecule has 0 radical (unpaired) electrons. The fourth-order valence-electron chi connectivity index (χ4n) is 10.9. The molecule has 4 aliphatic rings. The molecule has 0 heterocycles. The molecule has 8 atom stereocenters. The van der Waals surface area contributed by atoms with E-state index in [1.807, 2.05) is 0 Å². The van der Waals surface area contributed by atoms with Crippen molar-refractivity contribution in [2.24, 2.45) is 46.3 Å². The largest absolute Gasteiger partial charge is 0.462 e. The smallest absolute Gasteiger partial charge is 0.306 e. The molecule has 2 heteroatoms. The lowest BCUT2D eigenvalue weighted by Gasteiger charge is -2.58. The maximum atomic E-state index is 12.8. The normalized spacial score (nSPS) is 32.9. The Labute approximate surface area is 291 Å². The number of carbonyl (C=O) groups excluding carboxylic acids is 1. The summed E-state index contributed by atoms with van der Waals surface area (Å²) in [5.41, 5.74) is 2.51. The molecule has 0 saturated heterocycles. The van der Waals surface area contributed by atoms with E-state index in [0.717, 1.165) is 80.5 Å². The average molecular weight is 647 g/mol. The summed E-state index contributed by atoms with van der Waals surface area (Å²) < 4.78 is 6.12. The molecule has 0 bridgehead atoms. The van der Waals surface area contributed by atoms with Crippen molar-refractivity contribution in [3.05, 3.63) is 48.1 Å². The Balaban J connectivity index is 1.13. The van der Waals surface area contributed by atoms with E-state index < -0.39 is 0 Å². The van der Waals surface area contributed by atoms with Crippen LogP contribution in [0, 0.1) is 46.3 Å². The number of allylic oxidation sites excluding steroid dienone is 7. The van der Waals surface area contributed by atoms with E-state index >= 15 is 0 Å². The van der Waals surface area contributed by atoms with Crippen molar-refractivity contribution < 1.29 is 9.53 Å². The van der Waals surface area contributed by atoms with Crippen LogP contribution >= 0.6 is 0 Å². The third-order valence-electron chi connectivity index (χ3n) is 13.6. The maximum absolute atomic E-state index is 12.8. The minimum atomic E-state index is 0.0435. The van der Waals surface area contributed by atoms with Gasteiger partial charge in [0.25, 0.3) is 0 Å². The quantitative estimate of drug-likeness (QED) is 0.0793. The second-order valence-electron chi connectivity index (χ2n) is 17.2. The van der Waals surface area contributed by atoms with E-state index in [9.17, 15) is 4.79 Å². The standard InChI is InChI=1S/C45H74O2/c1-7-8-9-10-11-12-13-14-15-16-17-18-19-20-21-25-43(46)47-38-30-32-44(5)37(34-38)26-27-39-41-29-28-40(36(4)24-22-23-35(2)3)45(41,6)33-31-42(39)44/h8-9,11-12,14-15,26,35-36,38-42H,7,10,13,16-25,27-34H2,1-6H3/b9-8+,12-11+,15-14+/t36-,38+,39+,40-,41+,42+,44+,45-/m1/s1. The zero-order valence-electron chi connectivity index (χ0n) is 31.7. The molecule has 0 aromatic carbocycles. The Kier molecular flexibility index (Phi) is 15.4. The summed E-state index contributed by atoms with van der Waals surface area (Å²) in [4.78, 5) is 12.8. The Morgan fingerprint density at radius 1 is 0.830 bits per heavy atom. The molecule has 0 N–H and O–H groups in total. The molecular formula is C45H74O2. The number of ether oxygens (including phenoxy) is 1. The van der Waals surface area contributed by atoms with Crippen LogP contribution in [0.15, 0.2) is 48.1 Å². The molecule has 266 valence electrons. The van der Waals surface area contributed by atoms with E-state index in [4.69, 9.17) is 4.74 Å². The number of esters is 1. The molecule has 0 amide bonds. The van der Waals surface area contributed by atoms with Crippen LogP contribution in [0.3, 0.4) is 0 Å². The third-order valence-corrected chi connectivity index (χ3v) is 13.6. The number of carbonyl (C=O) groups is 1. The van der Waals surface area contributed by atoms with Gasteiger partial charge in [0.05, 0.1) is 0 Å². The van der Waals surface area contributed by atoms with Crippen molar-refractivity contribution in [2.75, 3.05) is 0 Å². The van der Waals surface area contributed by atoms with E-state index in [0.29, 0.717) is 17.3 Å².